The van der Waals surface area contributed by atoms with Gasteiger partial charge in [0.25, 0.3) is 0 Å². The normalized spacial score (nSPS) is 12.2. The van der Waals surface area contributed by atoms with Crippen LogP contribution in [0.25, 0.3) is 11.1 Å². The lowest BCUT2D eigenvalue weighted by molar-refractivity contribution is 0.524. The van der Waals surface area contributed by atoms with Crippen molar-refractivity contribution < 1.29 is 4.42 Å². The van der Waals surface area contributed by atoms with E-state index >= 15 is 0 Å². The number of hydrogen-bond donors (Lipinski definition) is 0. The quantitative estimate of drug-likeness (QED) is 0.675. The fraction of sp³-hybridized carbons (Fsp3) is 0.143. The van der Waals surface area contributed by atoms with Gasteiger partial charge in [-0.15, -0.1) is 0 Å². The minimum absolute atomic E-state index is 0.0990. The predicted octanol–water partition coefficient (Wildman–Crippen LogP) is 3.24. The number of nitriles is 1. The van der Waals surface area contributed by atoms with Crippen LogP contribution in [-0.4, -0.2) is 15.0 Å². The minimum Gasteiger partial charge on any atom is -0.439 e. The number of rotatable bonds is 2. The number of halogens is 1. The molecule has 1 aromatic carbocycles. The summed E-state index contributed by atoms with van der Waals surface area (Å²) in [6.07, 6.45) is 1.58. The summed E-state index contributed by atoms with van der Waals surface area (Å²) in [7, 11) is 0. The second kappa shape index (κ2) is 4.91. The molecule has 0 fully saturated rings. The van der Waals surface area contributed by atoms with Crippen LogP contribution in [0.5, 0.6) is 0 Å². The number of para-hydroxylation sites is 2. The smallest absolute Gasteiger partial charge is 0.222 e. The summed E-state index contributed by atoms with van der Waals surface area (Å²) < 4.78 is 5.63. The molecule has 0 N–H and O–H groups in total. The number of aryl methyl sites for hydroxylation is 1. The van der Waals surface area contributed by atoms with Crippen molar-refractivity contribution >= 4 is 22.7 Å². The van der Waals surface area contributed by atoms with E-state index in [1.54, 1.807) is 12.3 Å². The zero-order valence-corrected chi connectivity index (χ0v) is 11.3. The lowest BCUT2D eigenvalue weighted by Crippen LogP contribution is -2.05. The van der Waals surface area contributed by atoms with E-state index in [4.69, 9.17) is 16.0 Å². The number of aromatic nitrogens is 3. The fourth-order valence-corrected chi connectivity index (χ4v) is 2.11. The van der Waals surface area contributed by atoms with Gasteiger partial charge in [0.05, 0.1) is 11.8 Å². The highest BCUT2D eigenvalue weighted by molar-refractivity contribution is 6.28. The second-order valence-electron chi connectivity index (χ2n) is 4.29. The Labute approximate surface area is 119 Å². The Morgan fingerprint density at radius 2 is 2.10 bits per heavy atom. The molecular formula is C14H9ClN4O. The van der Waals surface area contributed by atoms with E-state index in [0.717, 1.165) is 5.56 Å². The summed E-state index contributed by atoms with van der Waals surface area (Å²) in [5.74, 6) is -0.394. The lowest BCUT2D eigenvalue weighted by Gasteiger charge is -2.07. The van der Waals surface area contributed by atoms with Gasteiger partial charge < -0.3 is 4.42 Å². The van der Waals surface area contributed by atoms with Gasteiger partial charge in [-0.25, -0.2) is 15.0 Å². The van der Waals surface area contributed by atoms with E-state index in [1.165, 1.54) is 0 Å². The Bertz CT molecular complexity index is 788. The van der Waals surface area contributed by atoms with Crippen LogP contribution >= 0.6 is 11.6 Å². The molecule has 0 aliphatic carbocycles. The van der Waals surface area contributed by atoms with Crippen LogP contribution in [0.3, 0.4) is 0 Å². The van der Waals surface area contributed by atoms with Gasteiger partial charge in [0, 0.05) is 6.20 Å². The lowest BCUT2D eigenvalue weighted by atomic mass is 10.0. The number of nitrogens with zero attached hydrogens (tertiary/aromatic N) is 4. The molecule has 0 bridgehead atoms. The van der Waals surface area contributed by atoms with Gasteiger partial charge in [0.2, 0.25) is 11.2 Å². The molecule has 0 amide bonds. The van der Waals surface area contributed by atoms with Crippen LogP contribution in [0.2, 0.25) is 5.28 Å². The Kier molecular flexibility index (Phi) is 3.09. The van der Waals surface area contributed by atoms with Gasteiger partial charge in [0.1, 0.15) is 5.52 Å². The third-order valence-electron chi connectivity index (χ3n) is 2.94. The van der Waals surface area contributed by atoms with E-state index < -0.39 is 5.92 Å². The van der Waals surface area contributed by atoms with Gasteiger partial charge >= 0.3 is 0 Å². The first kappa shape index (κ1) is 12.6. The maximum absolute atomic E-state index is 9.42. The monoisotopic (exact) mass is 284 g/mol. The molecule has 0 aliphatic rings. The van der Waals surface area contributed by atoms with E-state index in [0.29, 0.717) is 22.7 Å². The fourth-order valence-electron chi connectivity index (χ4n) is 1.97. The Morgan fingerprint density at radius 1 is 1.30 bits per heavy atom. The summed E-state index contributed by atoms with van der Waals surface area (Å²) in [5, 5.41) is 9.52. The average molecular weight is 285 g/mol. The van der Waals surface area contributed by atoms with E-state index in [-0.39, 0.29) is 5.28 Å². The highest BCUT2D eigenvalue weighted by atomic mass is 35.5. The molecule has 0 saturated heterocycles. The highest BCUT2D eigenvalue weighted by Gasteiger charge is 2.23. The first-order chi connectivity index (χ1) is 9.69. The molecule has 2 heterocycles. The first-order valence-electron chi connectivity index (χ1n) is 5.93. The van der Waals surface area contributed by atoms with E-state index in [2.05, 4.69) is 21.0 Å². The van der Waals surface area contributed by atoms with Crippen molar-refractivity contribution in [3.05, 3.63) is 52.9 Å². The van der Waals surface area contributed by atoms with Gasteiger partial charge in [0.15, 0.2) is 11.5 Å². The SMILES string of the molecule is Cc1cnc(Cl)nc1C(C#N)c1nc2ccccc2o1. The van der Waals surface area contributed by atoms with Crippen LogP contribution in [0.1, 0.15) is 23.1 Å². The van der Waals surface area contributed by atoms with Crippen molar-refractivity contribution in [3.8, 4) is 6.07 Å². The molecule has 1 atom stereocenters. The topological polar surface area (TPSA) is 75.6 Å². The average Bonchev–Trinajstić information content (AvgIpc) is 2.87. The van der Waals surface area contributed by atoms with Gasteiger partial charge in [-0.2, -0.15) is 5.26 Å². The standard InChI is InChI=1S/C14H9ClN4O/c1-8-7-17-14(15)19-12(8)9(6-16)13-18-10-4-2-3-5-11(10)20-13/h2-5,7,9H,1H3. The number of hydrogen-bond acceptors (Lipinski definition) is 5. The molecule has 6 heteroatoms. The summed E-state index contributed by atoms with van der Waals surface area (Å²) in [6, 6.07) is 9.51. The molecule has 0 aliphatic heterocycles. The van der Waals surface area contributed by atoms with Crippen LogP contribution in [0, 0.1) is 18.3 Å². The molecule has 0 radical (unpaired) electrons. The summed E-state index contributed by atoms with van der Waals surface area (Å²) in [6.45, 7) is 1.82. The van der Waals surface area contributed by atoms with Crippen molar-refractivity contribution in [1.82, 2.24) is 15.0 Å². The molecule has 0 saturated carbocycles. The molecule has 0 spiro atoms. The van der Waals surface area contributed by atoms with Crippen molar-refractivity contribution in [3.63, 3.8) is 0 Å². The van der Waals surface area contributed by atoms with Crippen molar-refractivity contribution in [2.24, 2.45) is 0 Å². The minimum atomic E-state index is -0.706. The zero-order chi connectivity index (χ0) is 14.1. The largest absolute Gasteiger partial charge is 0.439 e. The van der Waals surface area contributed by atoms with Crippen LogP contribution in [0.4, 0.5) is 0 Å². The molecule has 3 rings (SSSR count). The van der Waals surface area contributed by atoms with E-state index in [1.807, 2.05) is 25.1 Å². The van der Waals surface area contributed by atoms with Gasteiger partial charge in [-0.1, -0.05) is 12.1 Å². The van der Waals surface area contributed by atoms with Crippen LogP contribution in [0.15, 0.2) is 34.9 Å². The van der Waals surface area contributed by atoms with Crippen molar-refractivity contribution in [2.75, 3.05) is 0 Å². The van der Waals surface area contributed by atoms with E-state index in [9.17, 15) is 5.26 Å². The maximum atomic E-state index is 9.42. The molecule has 98 valence electrons. The summed E-state index contributed by atoms with van der Waals surface area (Å²) >= 11 is 5.80. The zero-order valence-electron chi connectivity index (χ0n) is 10.5. The molecule has 2 aromatic heterocycles. The second-order valence-corrected chi connectivity index (χ2v) is 4.63. The van der Waals surface area contributed by atoms with Gasteiger partial charge in [-0.3, -0.25) is 0 Å². The first-order valence-corrected chi connectivity index (χ1v) is 6.31. The number of benzene rings is 1. The predicted molar refractivity (Wildman–Crippen MR) is 73.2 cm³/mol. The number of oxazole rings is 1. The molecule has 20 heavy (non-hydrogen) atoms. The Balaban J connectivity index is 2.14. The third kappa shape index (κ3) is 2.10. The molecule has 1 unspecified atom stereocenters. The highest BCUT2D eigenvalue weighted by Crippen LogP contribution is 2.27. The Hall–Kier alpha value is -2.45. The Morgan fingerprint density at radius 3 is 2.85 bits per heavy atom. The third-order valence-corrected chi connectivity index (χ3v) is 3.12. The van der Waals surface area contributed by atoms with Crippen molar-refractivity contribution in [1.29, 1.82) is 5.26 Å². The molecule has 3 aromatic rings. The maximum Gasteiger partial charge on any atom is 0.222 e. The van der Waals surface area contributed by atoms with Crippen LogP contribution in [-0.2, 0) is 0 Å². The van der Waals surface area contributed by atoms with Crippen molar-refractivity contribution in [2.45, 2.75) is 12.8 Å². The number of fused-ring (bicyclic) bond motifs is 1. The summed E-state index contributed by atoms with van der Waals surface area (Å²) in [5.41, 5.74) is 2.63. The van der Waals surface area contributed by atoms with Crippen LogP contribution < -0.4 is 0 Å². The molecule has 5 nitrogen and oxygen atoms in total. The van der Waals surface area contributed by atoms with Gasteiger partial charge in [-0.05, 0) is 36.2 Å². The molecular weight excluding hydrogens is 276 g/mol. The summed E-state index contributed by atoms with van der Waals surface area (Å²) in [4.78, 5) is 12.3.